The second-order valence-corrected chi connectivity index (χ2v) is 8.02. The summed E-state index contributed by atoms with van der Waals surface area (Å²) in [5.74, 6) is -0.627. The first-order valence-corrected chi connectivity index (χ1v) is 10.3. The quantitative estimate of drug-likeness (QED) is 0.422. The molecule has 5 nitrogen and oxygen atoms in total. The van der Waals surface area contributed by atoms with Gasteiger partial charge in [0.05, 0.1) is 11.9 Å². The smallest absolute Gasteiger partial charge is 0.388 e. The van der Waals surface area contributed by atoms with Crippen molar-refractivity contribution in [2.75, 3.05) is 0 Å². The SMILES string of the molecule is Cc1c(Cc2ccc(-n3cc(C4CC4)cn3)cc2)c(OC(F)F)nc2c(F)ccc(O)c12. The Morgan fingerprint density at radius 1 is 1.16 bits per heavy atom. The average Bonchev–Trinajstić information content (AvgIpc) is 3.50. The van der Waals surface area contributed by atoms with Gasteiger partial charge < -0.3 is 9.84 Å². The molecule has 0 spiro atoms. The van der Waals surface area contributed by atoms with Gasteiger partial charge in [0.1, 0.15) is 17.1 Å². The third-order valence-corrected chi connectivity index (χ3v) is 5.84. The van der Waals surface area contributed by atoms with Crippen LogP contribution in [0.3, 0.4) is 0 Å². The lowest BCUT2D eigenvalue weighted by Crippen LogP contribution is -2.09. The first-order chi connectivity index (χ1) is 15.4. The molecule has 0 amide bonds. The third kappa shape index (κ3) is 3.77. The molecule has 4 aromatic rings. The van der Waals surface area contributed by atoms with Crippen molar-refractivity contribution in [1.82, 2.24) is 14.8 Å². The van der Waals surface area contributed by atoms with Crippen LogP contribution in [0.4, 0.5) is 13.2 Å². The van der Waals surface area contributed by atoms with Crippen LogP contribution in [0.2, 0.25) is 0 Å². The standard InChI is InChI=1S/C24H20F3N3O2/c1-13-18(23(32-24(26)27)29-22-19(25)8-9-20(31)21(13)22)10-14-2-6-17(7-3-14)30-12-16(11-28-30)15-4-5-15/h2-3,6-9,11-12,15,24,31H,4-5,10H2,1H3. The van der Waals surface area contributed by atoms with Crippen LogP contribution in [-0.2, 0) is 6.42 Å². The maximum atomic E-state index is 14.3. The van der Waals surface area contributed by atoms with Crippen LogP contribution in [0.15, 0.2) is 48.8 Å². The van der Waals surface area contributed by atoms with Crippen molar-refractivity contribution >= 4 is 10.9 Å². The van der Waals surface area contributed by atoms with E-state index in [0.29, 0.717) is 17.0 Å². The van der Waals surface area contributed by atoms with E-state index in [-0.39, 0.29) is 29.0 Å². The van der Waals surface area contributed by atoms with Gasteiger partial charge in [0, 0.05) is 23.6 Å². The highest BCUT2D eigenvalue weighted by Crippen LogP contribution is 2.40. The number of rotatable bonds is 6. The zero-order valence-corrected chi connectivity index (χ0v) is 17.2. The summed E-state index contributed by atoms with van der Waals surface area (Å²) in [4.78, 5) is 3.97. The molecule has 0 saturated heterocycles. The zero-order chi connectivity index (χ0) is 22.4. The molecule has 0 radical (unpaired) electrons. The lowest BCUT2D eigenvalue weighted by Gasteiger charge is -2.16. The molecule has 164 valence electrons. The van der Waals surface area contributed by atoms with Crippen LogP contribution in [0.5, 0.6) is 11.6 Å². The van der Waals surface area contributed by atoms with Crippen molar-refractivity contribution in [3.63, 3.8) is 0 Å². The first kappa shape index (κ1) is 20.4. The lowest BCUT2D eigenvalue weighted by molar-refractivity contribution is -0.0532. The Kier molecular flexibility index (Phi) is 5.00. The predicted molar refractivity (Wildman–Crippen MR) is 113 cm³/mol. The number of hydrogen-bond acceptors (Lipinski definition) is 4. The summed E-state index contributed by atoms with van der Waals surface area (Å²) >= 11 is 0. The number of phenols is 1. The van der Waals surface area contributed by atoms with Crippen molar-refractivity contribution in [2.45, 2.75) is 38.7 Å². The maximum Gasteiger partial charge on any atom is 0.388 e. The van der Waals surface area contributed by atoms with Crippen molar-refractivity contribution in [3.8, 4) is 17.3 Å². The normalized spacial score (nSPS) is 13.8. The molecule has 0 aliphatic heterocycles. The fourth-order valence-electron chi connectivity index (χ4n) is 3.98. The molecule has 2 aromatic carbocycles. The summed E-state index contributed by atoms with van der Waals surface area (Å²) in [5, 5.41) is 14.8. The molecule has 0 bridgehead atoms. The molecule has 2 heterocycles. The monoisotopic (exact) mass is 439 g/mol. The van der Waals surface area contributed by atoms with Gasteiger partial charge in [-0.15, -0.1) is 0 Å². The second-order valence-electron chi connectivity index (χ2n) is 8.02. The topological polar surface area (TPSA) is 60.2 Å². The summed E-state index contributed by atoms with van der Waals surface area (Å²) in [5.41, 5.74) is 3.53. The van der Waals surface area contributed by atoms with Crippen molar-refractivity contribution in [1.29, 1.82) is 0 Å². The fourth-order valence-corrected chi connectivity index (χ4v) is 3.98. The number of nitrogens with zero attached hydrogens (tertiary/aromatic N) is 3. The largest absolute Gasteiger partial charge is 0.507 e. The second kappa shape index (κ2) is 7.85. The Labute approximate surface area is 182 Å². The van der Waals surface area contributed by atoms with Crippen LogP contribution >= 0.6 is 0 Å². The van der Waals surface area contributed by atoms with Gasteiger partial charge in [-0.25, -0.2) is 14.1 Å². The van der Waals surface area contributed by atoms with Gasteiger partial charge in [-0.1, -0.05) is 12.1 Å². The van der Waals surface area contributed by atoms with Gasteiger partial charge in [-0.2, -0.15) is 13.9 Å². The number of halogens is 3. The Hall–Kier alpha value is -3.55. The van der Waals surface area contributed by atoms with Crippen molar-refractivity contribution in [2.24, 2.45) is 0 Å². The van der Waals surface area contributed by atoms with E-state index in [1.54, 1.807) is 6.92 Å². The molecule has 0 unspecified atom stereocenters. The molecule has 1 N–H and O–H groups in total. The zero-order valence-electron chi connectivity index (χ0n) is 17.2. The summed E-state index contributed by atoms with van der Waals surface area (Å²) in [6.07, 6.45) is 6.53. The van der Waals surface area contributed by atoms with E-state index in [4.69, 9.17) is 0 Å². The summed E-state index contributed by atoms with van der Waals surface area (Å²) < 4.78 is 46.8. The number of fused-ring (bicyclic) bond motifs is 1. The molecule has 1 saturated carbocycles. The lowest BCUT2D eigenvalue weighted by atomic mass is 9.97. The van der Waals surface area contributed by atoms with E-state index < -0.39 is 12.4 Å². The van der Waals surface area contributed by atoms with Crippen LogP contribution in [-0.4, -0.2) is 26.5 Å². The van der Waals surface area contributed by atoms with Crippen molar-refractivity contribution in [3.05, 3.63) is 76.9 Å². The molecule has 1 aliphatic carbocycles. The maximum absolute atomic E-state index is 14.3. The van der Waals surface area contributed by atoms with Gasteiger partial charge in [0.25, 0.3) is 0 Å². The fraction of sp³-hybridized carbons (Fsp3) is 0.250. The molecule has 1 fully saturated rings. The molecule has 0 atom stereocenters. The molecule has 32 heavy (non-hydrogen) atoms. The van der Waals surface area contributed by atoms with E-state index in [1.807, 2.05) is 41.3 Å². The number of aryl methyl sites for hydroxylation is 1. The number of ether oxygens (including phenoxy) is 1. The van der Waals surface area contributed by atoms with Crippen LogP contribution in [0.1, 0.15) is 41.0 Å². The third-order valence-electron chi connectivity index (χ3n) is 5.84. The Bertz CT molecular complexity index is 1300. The molecule has 2 aromatic heterocycles. The van der Waals surface area contributed by atoms with Gasteiger partial charge in [-0.3, -0.25) is 0 Å². The predicted octanol–water partition coefficient (Wildman–Crippen LogP) is 5.64. The number of aromatic hydroxyl groups is 1. The van der Waals surface area contributed by atoms with Crippen LogP contribution in [0, 0.1) is 12.7 Å². The minimum Gasteiger partial charge on any atom is -0.507 e. The number of benzene rings is 2. The van der Waals surface area contributed by atoms with E-state index in [2.05, 4.69) is 14.8 Å². The van der Waals surface area contributed by atoms with E-state index in [1.165, 1.54) is 24.5 Å². The Morgan fingerprint density at radius 3 is 2.59 bits per heavy atom. The number of hydrogen-bond donors (Lipinski definition) is 1. The average molecular weight is 439 g/mol. The molecule has 1 aliphatic rings. The number of alkyl halides is 2. The summed E-state index contributed by atoms with van der Waals surface area (Å²) in [6, 6.07) is 9.79. The van der Waals surface area contributed by atoms with E-state index >= 15 is 0 Å². The Balaban J connectivity index is 1.50. The number of aromatic nitrogens is 3. The van der Waals surface area contributed by atoms with Gasteiger partial charge >= 0.3 is 6.61 Å². The highest BCUT2D eigenvalue weighted by Gasteiger charge is 2.25. The molecular weight excluding hydrogens is 419 g/mol. The van der Waals surface area contributed by atoms with E-state index in [0.717, 1.165) is 17.3 Å². The first-order valence-electron chi connectivity index (χ1n) is 10.3. The molecule has 5 rings (SSSR count). The summed E-state index contributed by atoms with van der Waals surface area (Å²) in [7, 11) is 0. The van der Waals surface area contributed by atoms with Crippen LogP contribution in [0.25, 0.3) is 16.6 Å². The summed E-state index contributed by atoms with van der Waals surface area (Å²) in [6.45, 7) is -1.48. The minimum absolute atomic E-state index is 0.170. The molecule has 8 heteroatoms. The highest BCUT2D eigenvalue weighted by atomic mass is 19.3. The molecular formula is C24H20F3N3O2. The Morgan fingerprint density at radius 2 is 1.91 bits per heavy atom. The van der Waals surface area contributed by atoms with Gasteiger partial charge in [0.15, 0.2) is 0 Å². The van der Waals surface area contributed by atoms with E-state index in [9.17, 15) is 18.3 Å². The highest BCUT2D eigenvalue weighted by molar-refractivity contribution is 5.90. The van der Waals surface area contributed by atoms with Gasteiger partial charge in [0.2, 0.25) is 5.88 Å². The minimum atomic E-state index is -3.11. The van der Waals surface area contributed by atoms with Gasteiger partial charge in [-0.05, 0) is 66.6 Å². The number of pyridine rings is 1. The van der Waals surface area contributed by atoms with Crippen molar-refractivity contribution < 1.29 is 23.0 Å². The van der Waals surface area contributed by atoms with Crippen LogP contribution < -0.4 is 4.74 Å². The number of phenolic OH excluding ortho intramolecular Hbond substituents is 1.